The van der Waals surface area contributed by atoms with E-state index < -0.39 is 17.5 Å². The molecule has 1 aliphatic heterocycles. The summed E-state index contributed by atoms with van der Waals surface area (Å²) in [5, 5.41) is 14.1. The van der Waals surface area contributed by atoms with Crippen molar-refractivity contribution >= 4 is 34.3 Å². The molecule has 1 saturated carbocycles. The van der Waals surface area contributed by atoms with Gasteiger partial charge in [-0.15, -0.1) is 10.2 Å². The predicted molar refractivity (Wildman–Crippen MR) is 96.8 cm³/mol. The molecular weight excluding hydrogens is 370 g/mol. The number of hydrogen-bond acceptors (Lipinski definition) is 7. The van der Waals surface area contributed by atoms with Crippen LogP contribution in [0.5, 0.6) is 0 Å². The first kappa shape index (κ1) is 17.7. The third-order valence-electron chi connectivity index (χ3n) is 5.21. The topological polar surface area (TPSA) is 117 Å². The molecular formula is C17H19N5O4S. The van der Waals surface area contributed by atoms with Crippen LogP contribution in [-0.4, -0.2) is 45.0 Å². The molecule has 3 heterocycles. The van der Waals surface area contributed by atoms with Gasteiger partial charge in [0.2, 0.25) is 11.0 Å². The van der Waals surface area contributed by atoms with E-state index in [1.54, 1.807) is 12.1 Å². The minimum absolute atomic E-state index is 0.0507. The standard InChI is InChI=1S/C17H19N5O4S/c1-10-5-2-3-7-17(10)14(24)22(16(25)19-17)9-12(23)18-15-21-20-13(27-15)11-6-4-8-26-11/h4,6,8,10H,2-3,5,7,9H2,1H3,(H,19,25)(H,18,21,23)/t10-,17-/m0/s1. The minimum atomic E-state index is -0.870. The number of furan rings is 1. The number of nitrogens with one attached hydrogen (secondary N) is 2. The average molecular weight is 389 g/mol. The summed E-state index contributed by atoms with van der Waals surface area (Å²) in [6.45, 7) is 1.62. The molecule has 10 heteroatoms. The van der Waals surface area contributed by atoms with Crippen molar-refractivity contribution in [2.45, 2.75) is 38.1 Å². The molecule has 2 aromatic heterocycles. The largest absolute Gasteiger partial charge is 0.462 e. The summed E-state index contributed by atoms with van der Waals surface area (Å²) in [5.74, 6) is -0.213. The van der Waals surface area contributed by atoms with Crippen molar-refractivity contribution in [2.75, 3.05) is 11.9 Å². The van der Waals surface area contributed by atoms with Gasteiger partial charge in [0.05, 0.1) is 6.26 Å². The van der Waals surface area contributed by atoms with Crippen molar-refractivity contribution in [3.63, 3.8) is 0 Å². The molecule has 0 bridgehead atoms. The van der Waals surface area contributed by atoms with Crippen molar-refractivity contribution in [1.82, 2.24) is 20.4 Å². The summed E-state index contributed by atoms with van der Waals surface area (Å²) in [7, 11) is 0. The van der Waals surface area contributed by atoms with Crippen LogP contribution in [0, 0.1) is 5.92 Å². The molecule has 2 N–H and O–H groups in total. The van der Waals surface area contributed by atoms with Gasteiger partial charge >= 0.3 is 6.03 Å². The lowest BCUT2D eigenvalue weighted by Crippen LogP contribution is -2.54. The number of aromatic nitrogens is 2. The summed E-state index contributed by atoms with van der Waals surface area (Å²) in [5.41, 5.74) is -0.870. The van der Waals surface area contributed by atoms with Crippen molar-refractivity contribution in [2.24, 2.45) is 5.92 Å². The number of carbonyl (C=O) groups is 3. The Hall–Kier alpha value is -2.75. The van der Waals surface area contributed by atoms with Gasteiger partial charge in [-0.2, -0.15) is 0 Å². The second-order valence-electron chi connectivity index (χ2n) is 6.88. The molecule has 2 aromatic rings. The van der Waals surface area contributed by atoms with Gasteiger partial charge in [0, 0.05) is 0 Å². The second-order valence-corrected chi connectivity index (χ2v) is 7.85. The maximum atomic E-state index is 12.9. The lowest BCUT2D eigenvalue weighted by atomic mass is 9.73. The summed E-state index contributed by atoms with van der Waals surface area (Å²) in [4.78, 5) is 38.5. The van der Waals surface area contributed by atoms with Crippen molar-refractivity contribution < 1.29 is 18.8 Å². The lowest BCUT2D eigenvalue weighted by molar-refractivity contribution is -0.136. The molecule has 1 aliphatic carbocycles. The Kier molecular flexibility index (Phi) is 4.42. The van der Waals surface area contributed by atoms with E-state index in [9.17, 15) is 14.4 Å². The first-order chi connectivity index (χ1) is 13.0. The number of rotatable bonds is 4. The molecule has 0 aromatic carbocycles. The van der Waals surface area contributed by atoms with Crippen LogP contribution in [0.4, 0.5) is 9.93 Å². The Morgan fingerprint density at radius 1 is 1.44 bits per heavy atom. The van der Waals surface area contributed by atoms with Crippen LogP contribution in [0.1, 0.15) is 32.6 Å². The van der Waals surface area contributed by atoms with E-state index >= 15 is 0 Å². The van der Waals surface area contributed by atoms with E-state index in [-0.39, 0.29) is 23.5 Å². The molecule has 27 heavy (non-hydrogen) atoms. The fourth-order valence-corrected chi connectivity index (χ4v) is 4.44. The van der Waals surface area contributed by atoms with Crippen molar-refractivity contribution in [3.05, 3.63) is 18.4 Å². The third kappa shape index (κ3) is 3.09. The van der Waals surface area contributed by atoms with Crippen molar-refractivity contribution in [1.29, 1.82) is 0 Å². The quantitative estimate of drug-likeness (QED) is 0.775. The van der Waals surface area contributed by atoms with Gasteiger partial charge in [0.15, 0.2) is 10.8 Å². The van der Waals surface area contributed by atoms with E-state index in [1.165, 1.54) is 6.26 Å². The lowest BCUT2D eigenvalue weighted by Gasteiger charge is -2.36. The number of urea groups is 1. The van der Waals surface area contributed by atoms with Gasteiger partial charge in [-0.25, -0.2) is 4.79 Å². The monoisotopic (exact) mass is 389 g/mol. The summed E-state index contributed by atoms with van der Waals surface area (Å²) >= 11 is 1.15. The molecule has 0 unspecified atom stereocenters. The van der Waals surface area contributed by atoms with Crippen LogP contribution in [0.2, 0.25) is 0 Å². The van der Waals surface area contributed by atoms with Gasteiger partial charge in [-0.05, 0) is 30.9 Å². The van der Waals surface area contributed by atoms with Crippen LogP contribution in [-0.2, 0) is 9.59 Å². The van der Waals surface area contributed by atoms with E-state index in [1.807, 2.05) is 6.92 Å². The van der Waals surface area contributed by atoms with Crippen LogP contribution < -0.4 is 10.6 Å². The molecule has 4 rings (SSSR count). The smallest absolute Gasteiger partial charge is 0.325 e. The minimum Gasteiger partial charge on any atom is -0.462 e. The van der Waals surface area contributed by atoms with Crippen molar-refractivity contribution in [3.8, 4) is 10.8 Å². The molecule has 1 saturated heterocycles. The van der Waals surface area contributed by atoms with Crippen LogP contribution in [0.3, 0.4) is 0 Å². The average Bonchev–Trinajstić information content (AvgIpc) is 3.36. The van der Waals surface area contributed by atoms with E-state index in [0.717, 1.165) is 35.5 Å². The highest BCUT2D eigenvalue weighted by atomic mass is 32.1. The van der Waals surface area contributed by atoms with Crippen LogP contribution in [0.15, 0.2) is 22.8 Å². The summed E-state index contributed by atoms with van der Waals surface area (Å²) < 4.78 is 5.24. The van der Waals surface area contributed by atoms with Gasteiger partial charge in [0.1, 0.15) is 12.1 Å². The Bertz CT molecular complexity index is 880. The first-order valence-corrected chi connectivity index (χ1v) is 9.62. The van der Waals surface area contributed by atoms with E-state index in [2.05, 4.69) is 20.8 Å². The zero-order valence-electron chi connectivity index (χ0n) is 14.7. The predicted octanol–water partition coefficient (Wildman–Crippen LogP) is 2.24. The Morgan fingerprint density at radius 3 is 3.04 bits per heavy atom. The molecule has 1 spiro atoms. The Labute approximate surface area is 159 Å². The molecule has 2 atom stereocenters. The zero-order valence-corrected chi connectivity index (χ0v) is 15.5. The maximum absolute atomic E-state index is 12.9. The SMILES string of the molecule is C[C@H]1CCCC[C@]12NC(=O)N(CC(=O)Nc1nnc(-c3ccco3)s1)C2=O. The highest BCUT2D eigenvalue weighted by Crippen LogP contribution is 2.38. The first-order valence-electron chi connectivity index (χ1n) is 8.81. The summed E-state index contributed by atoms with van der Waals surface area (Å²) in [6, 6.07) is 2.95. The molecule has 2 aliphatic rings. The van der Waals surface area contributed by atoms with Crippen LogP contribution in [0.25, 0.3) is 10.8 Å². The highest BCUT2D eigenvalue weighted by molar-refractivity contribution is 7.18. The molecule has 4 amide bonds. The number of hydrogen-bond donors (Lipinski definition) is 2. The number of amides is 4. The van der Waals surface area contributed by atoms with Gasteiger partial charge in [-0.3, -0.25) is 19.8 Å². The fourth-order valence-electron chi connectivity index (χ4n) is 3.71. The number of nitrogens with zero attached hydrogens (tertiary/aromatic N) is 3. The zero-order chi connectivity index (χ0) is 19.0. The Balaban J connectivity index is 1.42. The molecule has 9 nitrogen and oxygen atoms in total. The van der Waals surface area contributed by atoms with Crippen LogP contribution >= 0.6 is 11.3 Å². The third-order valence-corrected chi connectivity index (χ3v) is 6.06. The molecule has 0 radical (unpaired) electrons. The van der Waals surface area contributed by atoms with Gasteiger partial charge in [-0.1, -0.05) is 31.1 Å². The van der Waals surface area contributed by atoms with Gasteiger partial charge < -0.3 is 9.73 Å². The fraction of sp³-hybridized carbons (Fsp3) is 0.471. The maximum Gasteiger partial charge on any atom is 0.325 e. The highest BCUT2D eigenvalue weighted by Gasteiger charge is 2.55. The number of imide groups is 1. The molecule has 2 fully saturated rings. The summed E-state index contributed by atoms with van der Waals surface area (Å²) in [6.07, 6.45) is 4.94. The van der Waals surface area contributed by atoms with E-state index in [4.69, 9.17) is 4.42 Å². The van der Waals surface area contributed by atoms with Gasteiger partial charge in [0.25, 0.3) is 5.91 Å². The normalized spacial score (nSPS) is 25.1. The number of carbonyl (C=O) groups excluding carboxylic acids is 3. The number of anilines is 1. The molecule has 142 valence electrons. The van der Waals surface area contributed by atoms with E-state index in [0.29, 0.717) is 17.2 Å². The second kappa shape index (κ2) is 6.76. The Morgan fingerprint density at radius 2 is 2.30 bits per heavy atom.